The van der Waals surface area contributed by atoms with Crippen LogP contribution in [0.5, 0.6) is 0 Å². The average molecular weight is 174 g/mol. The quantitative estimate of drug-likeness (QED) is 0.498. The molecule has 2 heterocycles. The maximum Gasteiger partial charge on any atom is 0.126 e. The SMILES string of the molecule is Cc1cccn2ncc(C(=N)N)c12. The summed E-state index contributed by atoms with van der Waals surface area (Å²) in [5.74, 6) is 0.0595. The first-order chi connectivity index (χ1) is 6.20. The first-order valence-electron chi connectivity index (χ1n) is 3.97. The molecule has 0 saturated heterocycles. The van der Waals surface area contributed by atoms with Gasteiger partial charge in [-0.05, 0) is 18.6 Å². The zero-order valence-electron chi connectivity index (χ0n) is 7.28. The topological polar surface area (TPSA) is 67.2 Å². The summed E-state index contributed by atoms with van der Waals surface area (Å²) in [4.78, 5) is 0. The van der Waals surface area contributed by atoms with E-state index in [-0.39, 0.29) is 5.84 Å². The van der Waals surface area contributed by atoms with E-state index in [2.05, 4.69) is 5.10 Å². The highest BCUT2D eigenvalue weighted by atomic mass is 15.2. The van der Waals surface area contributed by atoms with Crippen molar-refractivity contribution in [2.45, 2.75) is 6.92 Å². The molecule has 2 aromatic rings. The number of hydrogen-bond acceptors (Lipinski definition) is 2. The van der Waals surface area contributed by atoms with E-state index in [0.29, 0.717) is 5.56 Å². The Balaban J connectivity index is 2.86. The highest BCUT2D eigenvalue weighted by Gasteiger charge is 2.07. The molecule has 0 radical (unpaired) electrons. The van der Waals surface area contributed by atoms with Crippen molar-refractivity contribution in [1.82, 2.24) is 9.61 Å². The molecule has 0 atom stereocenters. The van der Waals surface area contributed by atoms with Crippen molar-refractivity contribution in [1.29, 1.82) is 5.41 Å². The van der Waals surface area contributed by atoms with E-state index in [1.54, 1.807) is 10.7 Å². The van der Waals surface area contributed by atoms with E-state index in [4.69, 9.17) is 11.1 Å². The normalized spacial score (nSPS) is 10.5. The molecular formula is C9H10N4. The summed E-state index contributed by atoms with van der Waals surface area (Å²) in [5.41, 5.74) is 8.10. The largest absolute Gasteiger partial charge is 0.384 e. The summed E-state index contributed by atoms with van der Waals surface area (Å²) >= 11 is 0. The van der Waals surface area contributed by atoms with Crippen LogP contribution in [0.3, 0.4) is 0 Å². The Bertz CT molecular complexity index is 469. The van der Waals surface area contributed by atoms with Crippen molar-refractivity contribution in [3.05, 3.63) is 35.7 Å². The first-order valence-corrected chi connectivity index (χ1v) is 3.97. The number of nitrogens with zero attached hydrogens (tertiary/aromatic N) is 2. The van der Waals surface area contributed by atoms with Crippen LogP contribution in [0.25, 0.3) is 5.52 Å². The lowest BCUT2D eigenvalue weighted by Crippen LogP contribution is -2.10. The molecule has 0 amide bonds. The standard InChI is InChI=1S/C9H10N4/c1-6-3-2-4-13-8(6)7(5-12-13)9(10)11/h2-5H,1H3,(H3,10,11). The van der Waals surface area contributed by atoms with Crippen molar-refractivity contribution in [3.8, 4) is 0 Å². The highest BCUT2D eigenvalue weighted by Crippen LogP contribution is 2.13. The van der Waals surface area contributed by atoms with Gasteiger partial charge in [0.2, 0.25) is 0 Å². The number of aromatic nitrogens is 2. The third-order valence-corrected chi connectivity index (χ3v) is 2.03. The maximum absolute atomic E-state index is 7.36. The van der Waals surface area contributed by atoms with Gasteiger partial charge in [0, 0.05) is 6.20 Å². The highest BCUT2D eigenvalue weighted by molar-refractivity contribution is 6.01. The Morgan fingerprint density at radius 2 is 2.38 bits per heavy atom. The number of nitrogens with two attached hydrogens (primary N) is 1. The molecule has 0 saturated carbocycles. The van der Waals surface area contributed by atoms with Gasteiger partial charge in [-0.25, -0.2) is 4.52 Å². The second-order valence-corrected chi connectivity index (χ2v) is 2.96. The molecule has 2 aromatic heterocycles. The molecule has 0 aliphatic carbocycles. The molecule has 4 heteroatoms. The molecule has 0 fully saturated rings. The van der Waals surface area contributed by atoms with E-state index < -0.39 is 0 Å². The minimum Gasteiger partial charge on any atom is -0.384 e. The zero-order chi connectivity index (χ0) is 9.42. The Labute approximate surface area is 75.5 Å². The van der Waals surface area contributed by atoms with E-state index in [1.165, 1.54) is 0 Å². The fourth-order valence-electron chi connectivity index (χ4n) is 1.41. The van der Waals surface area contributed by atoms with Crippen molar-refractivity contribution < 1.29 is 0 Å². The predicted octanol–water partition coefficient (Wildman–Crippen LogP) is 0.927. The lowest BCUT2D eigenvalue weighted by Gasteiger charge is -1.99. The number of fused-ring (bicyclic) bond motifs is 1. The van der Waals surface area contributed by atoms with Crippen LogP contribution in [0, 0.1) is 12.3 Å². The Hall–Kier alpha value is -1.84. The number of aryl methyl sites for hydroxylation is 1. The van der Waals surface area contributed by atoms with Crippen LogP contribution in [-0.2, 0) is 0 Å². The van der Waals surface area contributed by atoms with E-state index in [9.17, 15) is 0 Å². The summed E-state index contributed by atoms with van der Waals surface area (Å²) in [6, 6.07) is 3.89. The number of hydrogen-bond donors (Lipinski definition) is 2. The number of amidine groups is 1. The molecule has 4 nitrogen and oxygen atoms in total. The van der Waals surface area contributed by atoms with Gasteiger partial charge < -0.3 is 5.73 Å². The summed E-state index contributed by atoms with van der Waals surface area (Å²) in [6.07, 6.45) is 3.46. The van der Waals surface area contributed by atoms with Crippen LogP contribution >= 0.6 is 0 Å². The first kappa shape index (κ1) is 7.79. The average Bonchev–Trinajstić information content (AvgIpc) is 2.49. The van der Waals surface area contributed by atoms with Gasteiger partial charge in [-0.2, -0.15) is 5.10 Å². The third kappa shape index (κ3) is 1.07. The molecule has 0 bridgehead atoms. The van der Waals surface area contributed by atoms with Crippen LogP contribution in [-0.4, -0.2) is 15.4 Å². The van der Waals surface area contributed by atoms with E-state index in [0.717, 1.165) is 11.1 Å². The second-order valence-electron chi connectivity index (χ2n) is 2.96. The molecule has 2 rings (SSSR count). The minimum absolute atomic E-state index is 0.0595. The van der Waals surface area contributed by atoms with Gasteiger partial charge >= 0.3 is 0 Å². The molecule has 3 N–H and O–H groups in total. The van der Waals surface area contributed by atoms with Gasteiger partial charge in [-0.1, -0.05) is 6.07 Å². The Kier molecular flexibility index (Phi) is 1.55. The molecule has 0 aliphatic heterocycles. The number of rotatable bonds is 1. The van der Waals surface area contributed by atoms with E-state index >= 15 is 0 Å². The molecule has 0 aliphatic rings. The summed E-state index contributed by atoms with van der Waals surface area (Å²) in [7, 11) is 0. The van der Waals surface area contributed by atoms with Crippen LogP contribution in [0.1, 0.15) is 11.1 Å². The molecule has 0 aromatic carbocycles. The van der Waals surface area contributed by atoms with Crippen LogP contribution in [0.4, 0.5) is 0 Å². The minimum atomic E-state index is 0.0595. The van der Waals surface area contributed by atoms with Crippen LogP contribution < -0.4 is 5.73 Å². The summed E-state index contributed by atoms with van der Waals surface area (Å²) < 4.78 is 1.73. The number of pyridine rings is 1. The molecule has 0 unspecified atom stereocenters. The fourth-order valence-corrected chi connectivity index (χ4v) is 1.41. The van der Waals surface area contributed by atoms with Gasteiger partial charge in [-0.3, -0.25) is 5.41 Å². The Morgan fingerprint density at radius 1 is 1.62 bits per heavy atom. The number of nitrogens with one attached hydrogen (secondary N) is 1. The van der Waals surface area contributed by atoms with Crippen LogP contribution in [0.2, 0.25) is 0 Å². The van der Waals surface area contributed by atoms with E-state index in [1.807, 2.05) is 25.3 Å². The van der Waals surface area contributed by atoms with Gasteiger partial charge in [0.15, 0.2) is 0 Å². The Morgan fingerprint density at radius 3 is 3.08 bits per heavy atom. The lowest BCUT2D eigenvalue weighted by atomic mass is 10.2. The monoisotopic (exact) mass is 174 g/mol. The van der Waals surface area contributed by atoms with Gasteiger partial charge in [0.05, 0.1) is 17.3 Å². The predicted molar refractivity (Wildman–Crippen MR) is 50.9 cm³/mol. The van der Waals surface area contributed by atoms with Crippen molar-refractivity contribution >= 4 is 11.4 Å². The molecular weight excluding hydrogens is 164 g/mol. The van der Waals surface area contributed by atoms with Crippen molar-refractivity contribution in [2.75, 3.05) is 0 Å². The second kappa shape index (κ2) is 2.58. The summed E-state index contributed by atoms with van der Waals surface area (Å²) in [5, 5.41) is 11.5. The zero-order valence-corrected chi connectivity index (χ0v) is 7.28. The van der Waals surface area contributed by atoms with Crippen LogP contribution in [0.15, 0.2) is 24.5 Å². The van der Waals surface area contributed by atoms with Gasteiger partial charge in [0.25, 0.3) is 0 Å². The molecule has 13 heavy (non-hydrogen) atoms. The maximum atomic E-state index is 7.36. The summed E-state index contributed by atoms with van der Waals surface area (Å²) in [6.45, 7) is 1.98. The smallest absolute Gasteiger partial charge is 0.126 e. The lowest BCUT2D eigenvalue weighted by molar-refractivity contribution is 0.956. The third-order valence-electron chi connectivity index (χ3n) is 2.03. The fraction of sp³-hybridized carbons (Fsp3) is 0.111. The molecule has 66 valence electrons. The molecule has 0 spiro atoms. The van der Waals surface area contributed by atoms with Crippen molar-refractivity contribution in [3.63, 3.8) is 0 Å². The van der Waals surface area contributed by atoms with Gasteiger partial charge in [0.1, 0.15) is 5.84 Å². The van der Waals surface area contributed by atoms with Gasteiger partial charge in [-0.15, -0.1) is 0 Å². The van der Waals surface area contributed by atoms with Crippen molar-refractivity contribution in [2.24, 2.45) is 5.73 Å². The number of nitrogen functional groups attached to an aromatic ring is 1.